The number of piperidine rings is 1. The number of ether oxygens (including phenoxy) is 1. The van der Waals surface area contributed by atoms with E-state index in [0.29, 0.717) is 6.61 Å². The number of amides is 1. The van der Waals surface area contributed by atoms with E-state index in [1.54, 1.807) is 0 Å². The van der Waals surface area contributed by atoms with E-state index in [-0.39, 0.29) is 17.0 Å². The monoisotopic (exact) mass is 281 g/mol. The zero-order valence-corrected chi connectivity index (χ0v) is 11.4. The summed E-state index contributed by atoms with van der Waals surface area (Å²) in [5, 5.41) is 0. The normalized spacial score (nSPS) is 16.1. The summed E-state index contributed by atoms with van der Waals surface area (Å²) in [6.45, 7) is 3.23. The van der Waals surface area contributed by atoms with Crippen molar-refractivity contribution in [2.75, 3.05) is 32.0 Å². The van der Waals surface area contributed by atoms with Gasteiger partial charge in [0.2, 0.25) is 0 Å². The Kier molecular flexibility index (Phi) is 4.79. The first-order valence-electron chi connectivity index (χ1n) is 6.82. The number of nitrogen functional groups attached to an aromatic ring is 1. The molecule has 1 amide bonds. The van der Waals surface area contributed by atoms with Gasteiger partial charge in [-0.05, 0) is 32.0 Å². The average Bonchev–Trinajstić information content (AvgIpc) is 2.42. The van der Waals surface area contributed by atoms with Crippen LogP contribution in [0.2, 0.25) is 0 Å². The number of benzene rings is 1. The largest absolute Gasteiger partial charge is 0.489 e. The van der Waals surface area contributed by atoms with Crippen molar-refractivity contribution >= 4 is 11.6 Å². The van der Waals surface area contributed by atoms with E-state index in [1.807, 2.05) is 0 Å². The number of hydrogen-bond donors (Lipinski definition) is 2. The highest BCUT2D eigenvalue weighted by Crippen LogP contribution is 2.24. The first kappa shape index (κ1) is 14.6. The predicted molar refractivity (Wildman–Crippen MR) is 75.1 cm³/mol. The Bertz CT molecular complexity index is 488. The van der Waals surface area contributed by atoms with Gasteiger partial charge < -0.3 is 16.2 Å². The molecule has 5 nitrogen and oxygen atoms in total. The van der Waals surface area contributed by atoms with Gasteiger partial charge in [-0.3, -0.25) is 9.69 Å². The minimum Gasteiger partial charge on any atom is -0.489 e. The topological polar surface area (TPSA) is 81.6 Å². The van der Waals surface area contributed by atoms with Crippen molar-refractivity contribution in [3.63, 3.8) is 0 Å². The fourth-order valence-corrected chi connectivity index (χ4v) is 2.36. The van der Waals surface area contributed by atoms with Crippen LogP contribution in [-0.2, 0) is 0 Å². The van der Waals surface area contributed by atoms with Crippen LogP contribution in [0.1, 0.15) is 29.6 Å². The molecule has 4 N–H and O–H groups in total. The molecule has 1 fully saturated rings. The molecule has 110 valence electrons. The number of likely N-dealkylation sites (tertiary alicyclic amines) is 1. The first-order valence-corrected chi connectivity index (χ1v) is 6.82. The molecule has 2 rings (SSSR count). The summed E-state index contributed by atoms with van der Waals surface area (Å²) < 4.78 is 19.1. The molecule has 1 aromatic carbocycles. The number of nitrogens with two attached hydrogens (primary N) is 2. The third kappa shape index (κ3) is 3.60. The number of anilines is 1. The standard InChI is InChI=1S/C14H20FN3O2/c15-11-9-12(16)10(14(17)19)8-13(11)20-7-6-18-4-2-1-3-5-18/h8-9H,1-7,16H2,(H2,17,19). The zero-order chi connectivity index (χ0) is 14.5. The van der Waals surface area contributed by atoms with Gasteiger partial charge in [0.1, 0.15) is 6.61 Å². The second-order valence-electron chi connectivity index (χ2n) is 4.98. The van der Waals surface area contributed by atoms with Crippen molar-refractivity contribution in [3.8, 4) is 5.75 Å². The number of carbonyl (C=O) groups is 1. The molecular weight excluding hydrogens is 261 g/mol. The first-order chi connectivity index (χ1) is 9.58. The molecular formula is C14H20FN3O2. The molecule has 0 aliphatic carbocycles. The molecule has 20 heavy (non-hydrogen) atoms. The van der Waals surface area contributed by atoms with Gasteiger partial charge in [-0.1, -0.05) is 6.42 Å². The molecule has 6 heteroatoms. The van der Waals surface area contributed by atoms with Crippen LogP contribution >= 0.6 is 0 Å². The number of rotatable bonds is 5. The maximum atomic E-state index is 13.7. The van der Waals surface area contributed by atoms with Gasteiger partial charge in [0.15, 0.2) is 11.6 Å². The van der Waals surface area contributed by atoms with Crippen LogP contribution in [0.3, 0.4) is 0 Å². The van der Waals surface area contributed by atoms with Gasteiger partial charge in [0.25, 0.3) is 5.91 Å². The molecule has 0 bridgehead atoms. The van der Waals surface area contributed by atoms with E-state index < -0.39 is 11.7 Å². The van der Waals surface area contributed by atoms with Crippen LogP contribution < -0.4 is 16.2 Å². The molecule has 1 saturated heterocycles. The molecule has 0 radical (unpaired) electrons. The van der Waals surface area contributed by atoms with Crippen molar-refractivity contribution in [2.45, 2.75) is 19.3 Å². The second kappa shape index (κ2) is 6.56. The van der Waals surface area contributed by atoms with Gasteiger partial charge in [-0.15, -0.1) is 0 Å². The summed E-state index contributed by atoms with van der Waals surface area (Å²) in [5.41, 5.74) is 10.8. The number of nitrogens with zero attached hydrogens (tertiary/aromatic N) is 1. The minimum atomic E-state index is -0.691. The van der Waals surface area contributed by atoms with E-state index in [0.717, 1.165) is 25.7 Å². The van der Waals surface area contributed by atoms with Gasteiger partial charge in [0, 0.05) is 18.3 Å². The molecule has 0 spiro atoms. The van der Waals surface area contributed by atoms with Crippen molar-refractivity contribution < 1.29 is 13.9 Å². The number of halogens is 1. The molecule has 1 aliphatic rings. The molecule has 0 atom stereocenters. The van der Waals surface area contributed by atoms with Crippen molar-refractivity contribution in [1.82, 2.24) is 4.90 Å². The lowest BCUT2D eigenvalue weighted by atomic mass is 10.1. The molecule has 0 saturated carbocycles. The number of hydrogen-bond acceptors (Lipinski definition) is 4. The van der Waals surface area contributed by atoms with E-state index in [4.69, 9.17) is 16.2 Å². The predicted octanol–water partition coefficient (Wildman–Crippen LogP) is 1.37. The van der Waals surface area contributed by atoms with E-state index in [2.05, 4.69) is 4.90 Å². The van der Waals surface area contributed by atoms with E-state index in [1.165, 1.54) is 25.3 Å². The summed E-state index contributed by atoms with van der Waals surface area (Å²) in [5.74, 6) is -1.25. The van der Waals surface area contributed by atoms with Crippen molar-refractivity contribution in [1.29, 1.82) is 0 Å². The van der Waals surface area contributed by atoms with E-state index >= 15 is 0 Å². The van der Waals surface area contributed by atoms with Crippen LogP contribution in [0, 0.1) is 5.82 Å². The molecule has 1 aromatic rings. The van der Waals surface area contributed by atoms with Crippen LogP contribution in [0.15, 0.2) is 12.1 Å². The number of primary amides is 1. The highest BCUT2D eigenvalue weighted by atomic mass is 19.1. The average molecular weight is 281 g/mol. The summed E-state index contributed by atoms with van der Waals surface area (Å²) in [6.07, 6.45) is 3.66. The van der Waals surface area contributed by atoms with Crippen LogP contribution in [0.25, 0.3) is 0 Å². The Morgan fingerprint density at radius 3 is 2.65 bits per heavy atom. The summed E-state index contributed by atoms with van der Waals surface area (Å²) in [7, 11) is 0. The van der Waals surface area contributed by atoms with Crippen molar-refractivity contribution in [2.24, 2.45) is 5.73 Å². The fourth-order valence-electron chi connectivity index (χ4n) is 2.36. The molecule has 0 unspecified atom stereocenters. The summed E-state index contributed by atoms with van der Waals surface area (Å²) in [4.78, 5) is 13.4. The summed E-state index contributed by atoms with van der Waals surface area (Å²) in [6, 6.07) is 2.33. The van der Waals surface area contributed by atoms with Crippen LogP contribution in [-0.4, -0.2) is 37.0 Å². The number of carbonyl (C=O) groups excluding carboxylic acids is 1. The Balaban J connectivity index is 1.94. The lowest BCUT2D eigenvalue weighted by Gasteiger charge is -2.26. The maximum Gasteiger partial charge on any atom is 0.250 e. The highest BCUT2D eigenvalue weighted by molar-refractivity contribution is 5.98. The second-order valence-corrected chi connectivity index (χ2v) is 4.98. The Labute approximate surface area is 117 Å². The fraction of sp³-hybridized carbons (Fsp3) is 0.500. The SMILES string of the molecule is NC(=O)c1cc(OCCN2CCCCC2)c(F)cc1N. The molecule has 1 aliphatic heterocycles. The zero-order valence-electron chi connectivity index (χ0n) is 11.4. The summed E-state index contributed by atoms with van der Waals surface area (Å²) >= 11 is 0. The third-order valence-electron chi connectivity index (χ3n) is 3.48. The van der Waals surface area contributed by atoms with Crippen LogP contribution in [0.5, 0.6) is 5.75 Å². The van der Waals surface area contributed by atoms with Gasteiger partial charge >= 0.3 is 0 Å². The highest BCUT2D eigenvalue weighted by Gasteiger charge is 2.14. The van der Waals surface area contributed by atoms with Gasteiger partial charge in [0.05, 0.1) is 5.56 Å². The van der Waals surface area contributed by atoms with Crippen LogP contribution in [0.4, 0.5) is 10.1 Å². The smallest absolute Gasteiger partial charge is 0.250 e. The minimum absolute atomic E-state index is 0.0185. The van der Waals surface area contributed by atoms with E-state index in [9.17, 15) is 9.18 Å². The van der Waals surface area contributed by atoms with Gasteiger partial charge in [-0.2, -0.15) is 0 Å². The maximum absolute atomic E-state index is 13.7. The Morgan fingerprint density at radius 2 is 2.00 bits per heavy atom. The Morgan fingerprint density at radius 1 is 1.30 bits per heavy atom. The Hall–Kier alpha value is -1.82. The lowest BCUT2D eigenvalue weighted by Crippen LogP contribution is -2.33. The van der Waals surface area contributed by atoms with Gasteiger partial charge in [-0.25, -0.2) is 4.39 Å². The van der Waals surface area contributed by atoms with Crippen molar-refractivity contribution in [3.05, 3.63) is 23.5 Å². The quantitative estimate of drug-likeness (QED) is 0.799. The molecule has 0 aromatic heterocycles. The molecule has 1 heterocycles. The third-order valence-corrected chi connectivity index (χ3v) is 3.48. The lowest BCUT2D eigenvalue weighted by molar-refractivity contribution is 0.100.